The smallest absolute Gasteiger partial charge is 0.198 e. The van der Waals surface area contributed by atoms with Crippen molar-refractivity contribution in [2.75, 3.05) is 6.61 Å². The first-order chi connectivity index (χ1) is 7.79. The number of Topliss-reactive ketones (excluding diaryl/α,β-unsaturated/α-hetero) is 1. The summed E-state index contributed by atoms with van der Waals surface area (Å²) in [6.07, 6.45) is 6.07. The van der Waals surface area contributed by atoms with Crippen LogP contribution in [0.5, 0.6) is 0 Å². The first kappa shape index (κ1) is 11.8. The Balaban J connectivity index is 1.82. The van der Waals surface area contributed by atoms with Gasteiger partial charge in [-0.2, -0.15) is 0 Å². The minimum Gasteiger partial charge on any atom is -0.370 e. The lowest BCUT2D eigenvalue weighted by molar-refractivity contribution is 0.0485. The Hall–Kier alpha value is -0.670. The number of aryl methyl sites for hydroxylation is 1. The molecule has 0 amide bonds. The van der Waals surface area contributed by atoms with Crippen LogP contribution in [0.1, 0.15) is 47.2 Å². The summed E-state index contributed by atoms with van der Waals surface area (Å²) in [5, 5.41) is 0. The van der Waals surface area contributed by atoms with Gasteiger partial charge >= 0.3 is 0 Å². The highest BCUT2D eigenvalue weighted by atomic mass is 32.1. The second-order valence-electron chi connectivity index (χ2n) is 4.26. The van der Waals surface area contributed by atoms with Gasteiger partial charge in [0.25, 0.3) is 0 Å². The highest BCUT2D eigenvalue weighted by Gasteiger charge is 2.17. The van der Waals surface area contributed by atoms with Gasteiger partial charge in [0, 0.05) is 4.88 Å². The molecule has 1 aliphatic carbocycles. The van der Waals surface area contributed by atoms with Gasteiger partial charge in [0.15, 0.2) is 5.78 Å². The molecule has 1 saturated carbocycles. The fraction of sp³-hybridized carbons (Fsp3) is 0.615. The van der Waals surface area contributed by atoms with Crippen LogP contribution in [0.25, 0.3) is 0 Å². The molecule has 0 bridgehead atoms. The average molecular weight is 238 g/mol. The molecule has 3 heteroatoms. The molecule has 2 rings (SSSR count). The Morgan fingerprint density at radius 2 is 2.19 bits per heavy atom. The van der Waals surface area contributed by atoms with Crippen molar-refractivity contribution in [3.05, 3.63) is 21.9 Å². The van der Waals surface area contributed by atoms with Gasteiger partial charge in [-0.3, -0.25) is 4.79 Å². The zero-order chi connectivity index (χ0) is 11.4. The predicted molar refractivity (Wildman–Crippen MR) is 66.2 cm³/mol. The maximum atomic E-state index is 11.8. The van der Waals surface area contributed by atoms with E-state index in [9.17, 15) is 4.79 Å². The molecule has 0 spiro atoms. The number of hydrogen-bond acceptors (Lipinski definition) is 3. The third kappa shape index (κ3) is 2.92. The summed E-state index contributed by atoms with van der Waals surface area (Å²) in [5.74, 6) is 0.136. The first-order valence-electron chi connectivity index (χ1n) is 6.03. The molecule has 0 aromatic carbocycles. The SMILES string of the molecule is CCc1ccc(C(=O)COC2CCCC2)s1. The monoisotopic (exact) mass is 238 g/mol. The van der Waals surface area contributed by atoms with E-state index in [0.717, 1.165) is 24.1 Å². The zero-order valence-corrected chi connectivity index (χ0v) is 10.5. The van der Waals surface area contributed by atoms with Crippen molar-refractivity contribution in [1.29, 1.82) is 0 Å². The van der Waals surface area contributed by atoms with E-state index in [-0.39, 0.29) is 12.4 Å². The molecular formula is C13H18O2S. The standard InChI is InChI=1S/C13H18O2S/c1-2-11-7-8-13(16-11)12(14)9-15-10-5-3-4-6-10/h7-8,10H,2-6,9H2,1H3. The van der Waals surface area contributed by atoms with Crippen LogP contribution in [-0.4, -0.2) is 18.5 Å². The van der Waals surface area contributed by atoms with E-state index in [1.807, 2.05) is 12.1 Å². The van der Waals surface area contributed by atoms with E-state index >= 15 is 0 Å². The quantitative estimate of drug-likeness (QED) is 0.734. The van der Waals surface area contributed by atoms with Gasteiger partial charge in [-0.1, -0.05) is 19.8 Å². The second-order valence-corrected chi connectivity index (χ2v) is 5.43. The van der Waals surface area contributed by atoms with Gasteiger partial charge in [-0.15, -0.1) is 11.3 Å². The topological polar surface area (TPSA) is 26.3 Å². The molecule has 0 saturated heterocycles. The summed E-state index contributed by atoms with van der Waals surface area (Å²) in [7, 11) is 0. The first-order valence-corrected chi connectivity index (χ1v) is 6.84. The number of ketones is 1. The highest BCUT2D eigenvalue weighted by molar-refractivity contribution is 7.14. The number of ether oxygens (including phenoxy) is 1. The predicted octanol–water partition coefficient (Wildman–Crippen LogP) is 3.45. The molecule has 0 radical (unpaired) electrons. The van der Waals surface area contributed by atoms with E-state index in [1.54, 1.807) is 11.3 Å². The lowest BCUT2D eigenvalue weighted by Crippen LogP contribution is -2.14. The highest BCUT2D eigenvalue weighted by Crippen LogP contribution is 2.22. The normalized spacial score (nSPS) is 16.8. The summed E-state index contributed by atoms with van der Waals surface area (Å²) in [5.41, 5.74) is 0. The lowest BCUT2D eigenvalue weighted by Gasteiger charge is -2.09. The molecule has 2 nitrogen and oxygen atoms in total. The molecule has 0 aliphatic heterocycles. The van der Waals surface area contributed by atoms with E-state index in [4.69, 9.17) is 4.74 Å². The van der Waals surface area contributed by atoms with Crippen LogP contribution in [0, 0.1) is 0 Å². The molecular weight excluding hydrogens is 220 g/mol. The van der Waals surface area contributed by atoms with Gasteiger partial charge < -0.3 is 4.74 Å². The molecule has 0 atom stereocenters. The van der Waals surface area contributed by atoms with E-state index in [0.29, 0.717) is 6.10 Å². The number of rotatable bonds is 5. The molecule has 16 heavy (non-hydrogen) atoms. The van der Waals surface area contributed by atoms with Crippen molar-refractivity contribution >= 4 is 17.1 Å². The minimum absolute atomic E-state index is 0.136. The van der Waals surface area contributed by atoms with Crippen molar-refractivity contribution in [3.63, 3.8) is 0 Å². The molecule has 0 N–H and O–H groups in total. The number of thiophene rings is 1. The van der Waals surface area contributed by atoms with Gasteiger partial charge in [0.1, 0.15) is 6.61 Å². The lowest BCUT2D eigenvalue weighted by atomic mass is 10.3. The third-order valence-corrected chi connectivity index (χ3v) is 4.31. The fourth-order valence-corrected chi connectivity index (χ4v) is 2.91. The maximum Gasteiger partial charge on any atom is 0.198 e. The van der Waals surface area contributed by atoms with Gasteiger partial charge in [-0.25, -0.2) is 0 Å². The summed E-state index contributed by atoms with van der Waals surface area (Å²) in [4.78, 5) is 13.9. The van der Waals surface area contributed by atoms with Gasteiger partial charge in [-0.05, 0) is 31.4 Å². The average Bonchev–Trinajstić information content (AvgIpc) is 2.96. The van der Waals surface area contributed by atoms with Crippen LogP contribution in [0.2, 0.25) is 0 Å². The van der Waals surface area contributed by atoms with Crippen molar-refractivity contribution in [1.82, 2.24) is 0 Å². The van der Waals surface area contributed by atoms with Gasteiger partial charge in [0.05, 0.1) is 11.0 Å². The Morgan fingerprint density at radius 3 is 2.81 bits per heavy atom. The molecule has 1 heterocycles. The second kappa shape index (κ2) is 5.60. The largest absolute Gasteiger partial charge is 0.370 e. The van der Waals surface area contributed by atoms with Crippen LogP contribution < -0.4 is 0 Å². The summed E-state index contributed by atoms with van der Waals surface area (Å²) < 4.78 is 5.62. The molecule has 1 fully saturated rings. The molecule has 1 aromatic rings. The molecule has 0 unspecified atom stereocenters. The van der Waals surface area contributed by atoms with Crippen LogP contribution >= 0.6 is 11.3 Å². The molecule has 88 valence electrons. The minimum atomic E-state index is 0.136. The van der Waals surface area contributed by atoms with E-state index in [2.05, 4.69) is 6.92 Å². The maximum absolute atomic E-state index is 11.8. The summed E-state index contributed by atoms with van der Waals surface area (Å²) in [6, 6.07) is 3.96. The van der Waals surface area contributed by atoms with Crippen LogP contribution in [0.3, 0.4) is 0 Å². The van der Waals surface area contributed by atoms with Crippen LogP contribution in [0.4, 0.5) is 0 Å². The number of carbonyl (C=O) groups is 1. The fourth-order valence-electron chi connectivity index (χ4n) is 2.04. The van der Waals surface area contributed by atoms with Crippen LogP contribution in [0.15, 0.2) is 12.1 Å². The summed E-state index contributed by atoms with van der Waals surface area (Å²) in [6.45, 7) is 2.36. The van der Waals surface area contributed by atoms with Crippen molar-refractivity contribution in [3.8, 4) is 0 Å². The zero-order valence-electron chi connectivity index (χ0n) is 9.70. The van der Waals surface area contributed by atoms with Crippen molar-refractivity contribution in [2.24, 2.45) is 0 Å². The van der Waals surface area contributed by atoms with Crippen molar-refractivity contribution in [2.45, 2.75) is 45.1 Å². The van der Waals surface area contributed by atoms with E-state index in [1.165, 1.54) is 17.7 Å². The molecule has 1 aliphatic rings. The Bertz CT molecular complexity index is 351. The molecule has 1 aromatic heterocycles. The van der Waals surface area contributed by atoms with Crippen LogP contribution in [-0.2, 0) is 11.2 Å². The Labute approximate surface area is 101 Å². The Kier molecular flexibility index (Phi) is 4.13. The van der Waals surface area contributed by atoms with Crippen molar-refractivity contribution < 1.29 is 9.53 Å². The summed E-state index contributed by atoms with van der Waals surface area (Å²) >= 11 is 1.59. The Morgan fingerprint density at radius 1 is 1.44 bits per heavy atom. The number of carbonyl (C=O) groups excluding carboxylic acids is 1. The third-order valence-electron chi connectivity index (χ3n) is 3.04. The number of hydrogen-bond donors (Lipinski definition) is 0. The van der Waals surface area contributed by atoms with Gasteiger partial charge in [0.2, 0.25) is 0 Å². The van der Waals surface area contributed by atoms with E-state index < -0.39 is 0 Å².